The van der Waals surface area contributed by atoms with Gasteiger partial charge in [-0.2, -0.15) is 33.7 Å². The first-order valence-corrected chi connectivity index (χ1v) is 18.4. The monoisotopic (exact) mass is 738 g/mol. The van der Waals surface area contributed by atoms with Crippen molar-refractivity contribution in [1.29, 1.82) is 0 Å². The molecule has 6 N–H and O–H groups in total. The van der Waals surface area contributed by atoms with E-state index in [1.165, 1.54) is 6.92 Å². The molecule has 0 aliphatic carbocycles. The van der Waals surface area contributed by atoms with Crippen molar-refractivity contribution in [3.05, 3.63) is 0 Å². The summed E-state index contributed by atoms with van der Waals surface area (Å²) < 4.78 is 166. The van der Waals surface area contributed by atoms with Crippen LogP contribution in [-0.2, 0) is 78.2 Å². The average molecular weight is 739 g/mol. The predicted molar refractivity (Wildman–Crippen MR) is 134 cm³/mol. The molecule has 0 amide bonds. The summed E-state index contributed by atoms with van der Waals surface area (Å²) in [5, 5.41) is 9.88. The molecule has 2 rings (SSSR count). The van der Waals surface area contributed by atoms with Gasteiger partial charge < -0.3 is 18.9 Å². The van der Waals surface area contributed by atoms with Gasteiger partial charge in [0.15, 0.2) is 23.1 Å². The minimum absolute atomic E-state index is 0.0102. The molecular weight excluding hydrogens is 713 g/mol. The van der Waals surface area contributed by atoms with Crippen LogP contribution in [0.5, 0.6) is 0 Å². The van der Waals surface area contributed by atoms with Gasteiger partial charge in [-0.25, -0.2) is 10.5 Å². The number of methoxy groups -OCH3 is 1. The van der Waals surface area contributed by atoms with Crippen molar-refractivity contribution in [1.82, 2.24) is 0 Å². The van der Waals surface area contributed by atoms with E-state index in [1.807, 2.05) is 0 Å². The summed E-state index contributed by atoms with van der Waals surface area (Å²) in [5.74, 6) is 0. The largest absolute Gasteiger partial charge is 0.354 e. The Labute approximate surface area is 247 Å². The average Bonchev–Trinajstić information content (AvgIpc) is 2.85. The van der Waals surface area contributed by atoms with Crippen LogP contribution in [0.15, 0.2) is 0 Å². The van der Waals surface area contributed by atoms with Crippen LogP contribution in [0, 0.1) is 0 Å². The molecule has 10 atom stereocenters. The highest BCUT2D eigenvalue weighted by Gasteiger charge is 2.60. The van der Waals surface area contributed by atoms with Gasteiger partial charge in [0.25, 0.3) is 40.5 Å². The lowest BCUT2D eigenvalue weighted by atomic mass is 10.0. The van der Waals surface area contributed by atoms with Gasteiger partial charge in [0.1, 0.15) is 10.5 Å². The molecule has 2 aliphatic heterocycles. The maximum atomic E-state index is 12.3. The molecule has 0 spiro atoms. The molecule has 0 radical (unpaired) electrons. The Hall–Kier alpha value is -0.0600. The number of rotatable bonds is 15. The van der Waals surface area contributed by atoms with Crippen LogP contribution in [-0.4, -0.2) is 132 Å². The summed E-state index contributed by atoms with van der Waals surface area (Å²) >= 11 is -0.154. The minimum Gasteiger partial charge on any atom is -0.354 e. The summed E-state index contributed by atoms with van der Waals surface area (Å²) in [6.07, 6.45) is -7.80. The third-order valence-electron chi connectivity index (χ3n) is 5.98. The van der Waals surface area contributed by atoms with Crippen molar-refractivity contribution in [2.45, 2.75) is 69.6 Å². The van der Waals surface area contributed by atoms with E-state index in [0.29, 0.717) is 0 Å². The van der Waals surface area contributed by atoms with E-state index in [9.17, 15) is 51.9 Å². The zero-order chi connectivity index (χ0) is 32.3. The first-order chi connectivity index (χ1) is 19.2. The Balaban J connectivity index is 2.57. The third-order valence-corrected chi connectivity index (χ3v) is 13.5. The van der Waals surface area contributed by atoms with Crippen LogP contribution in [0.2, 0.25) is 0 Å². The standard InChI is InChI=1S/C14H26O22S6/c1-3-5-7(37-35-33-15)9(39(17,18)19)12(42(26,27)28)14(31-5)30-4-6-8(38-36-34-16)10(40(20,21)22)11(41(23,24)25)13(29-2)32-6/h5-16H,3-4H2,1-2H3,(H,17,18,19)(H,20,21,22)(H,23,24,25)(H,26,27,28). The van der Waals surface area contributed by atoms with E-state index in [1.54, 1.807) is 0 Å². The Morgan fingerprint density at radius 1 is 0.643 bits per heavy atom. The molecule has 28 heteroatoms. The fourth-order valence-electron chi connectivity index (χ4n) is 4.39. The van der Waals surface area contributed by atoms with Gasteiger partial charge in [-0.05, 0) is 6.42 Å². The summed E-state index contributed by atoms with van der Waals surface area (Å²) in [6, 6.07) is 0. The maximum absolute atomic E-state index is 12.3. The van der Waals surface area contributed by atoms with Crippen LogP contribution < -0.4 is 0 Å². The molecule has 2 aliphatic rings. The molecule has 0 saturated carbocycles. The van der Waals surface area contributed by atoms with Crippen LogP contribution in [0.1, 0.15) is 13.3 Å². The van der Waals surface area contributed by atoms with Crippen molar-refractivity contribution < 1.29 is 100 Å². The SMILES string of the molecule is CCC1OC(OCC2OC(OC)C(S(=O)(=O)O)C(S(=O)(=O)O)C2SOOO)C(S(=O)(=O)O)C(S(=O)(=O)O)C1SOOO. The first kappa shape index (κ1) is 38.1. The maximum Gasteiger partial charge on any atom is 0.274 e. The zero-order valence-electron chi connectivity index (χ0n) is 20.9. The predicted octanol–water partition coefficient (Wildman–Crippen LogP) is -1.59. The molecule has 42 heavy (non-hydrogen) atoms. The highest BCUT2D eigenvalue weighted by atomic mass is 32.2. The zero-order valence-corrected chi connectivity index (χ0v) is 25.8. The van der Waals surface area contributed by atoms with E-state index in [0.717, 1.165) is 7.11 Å². The molecule has 0 aromatic heterocycles. The summed E-state index contributed by atoms with van der Waals surface area (Å²) in [7, 11) is -21.0. The Morgan fingerprint density at radius 3 is 1.38 bits per heavy atom. The van der Waals surface area contributed by atoms with Crippen molar-refractivity contribution in [2.24, 2.45) is 0 Å². The first-order valence-electron chi connectivity index (χ1n) is 10.8. The van der Waals surface area contributed by atoms with Crippen molar-refractivity contribution in [3.63, 3.8) is 0 Å². The Kier molecular flexibility index (Phi) is 13.6. The van der Waals surface area contributed by atoms with Crippen molar-refractivity contribution in [2.75, 3.05) is 13.7 Å². The van der Waals surface area contributed by atoms with E-state index in [4.69, 9.17) is 29.5 Å². The van der Waals surface area contributed by atoms with Gasteiger partial charge in [-0.3, -0.25) is 18.2 Å². The van der Waals surface area contributed by atoms with Crippen molar-refractivity contribution in [3.8, 4) is 0 Å². The molecule has 0 aromatic carbocycles. The van der Waals surface area contributed by atoms with Gasteiger partial charge in [0.2, 0.25) is 0 Å². The number of hydrogen-bond acceptors (Lipinski definition) is 20. The number of hydrogen-bond donors (Lipinski definition) is 6. The van der Waals surface area contributed by atoms with Gasteiger partial charge in [-0.1, -0.05) is 17.0 Å². The highest BCUT2D eigenvalue weighted by molar-refractivity contribution is 7.97. The lowest BCUT2D eigenvalue weighted by molar-refractivity contribution is -0.432. The molecule has 2 fully saturated rings. The molecule has 250 valence electrons. The topological polar surface area (TPSA) is 332 Å². The molecule has 2 heterocycles. The van der Waals surface area contributed by atoms with Crippen LogP contribution in [0.4, 0.5) is 0 Å². The molecular formula is C14H26O22S6. The van der Waals surface area contributed by atoms with E-state index < -0.39 is 103 Å². The quantitative estimate of drug-likeness (QED) is 0.0477. The normalized spacial score (nSPS) is 35.2. The van der Waals surface area contributed by atoms with Crippen molar-refractivity contribution >= 4 is 64.6 Å². The molecule has 2 saturated heterocycles. The summed E-state index contributed by atoms with van der Waals surface area (Å²) in [5.41, 5.74) is 0. The Morgan fingerprint density at radius 2 is 1.02 bits per heavy atom. The third kappa shape index (κ3) is 9.24. The fourth-order valence-corrected chi connectivity index (χ4v) is 12.7. The molecule has 0 bridgehead atoms. The number of ether oxygens (including phenoxy) is 4. The lowest BCUT2D eigenvalue weighted by Crippen LogP contribution is -2.64. The van der Waals surface area contributed by atoms with E-state index in [-0.39, 0.29) is 30.5 Å². The van der Waals surface area contributed by atoms with Gasteiger partial charge >= 0.3 is 0 Å². The van der Waals surface area contributed by atoms with E-state index >= 15 is 0 Å². The van der Waals surface area contributed by atoms with Gasteiger partial charge in [0, 0.05) is 31.2 Å². The smallest absolute Gasteiger partial charge is 0.274 e. The fraction of sp³-hybridized carbons (Fsp3) is 1.00. The summed E-state index contributed by atoms with van der Waals surface area (Å²) in [4.78, 5) is 0. The second-order valence-corrected chi connectivity index (χ2v) is 16.4. The van der Waals surface area contributed by atoms with Crippen LogP contribution in [0.25, 0.3) is 0 Å². The molecule has 10 unspecified atom stereocenters. The lowest BCUT2D eigenvalue weighted by Gasteiger charge is -2.44. The second kappa shape index (κ2) is 15.0. The highest BCUT2D eigenvalue weighted by Crippen LogP contribution is 2.41. The minimum atomic E-state index is -5.51. The van der Waals surface area contributed by atoms with Crippen LogP contribution >= 0.6 is 24.1 Å². The molecule has 22 nitrogen and oxygen atoms in total. The Bertz CT molecular complexity index is 1320. The van der Waals surface area contributed by atoms with Crippen LogP contribution in [0.3, 0.4) is 0 Å². The van der Waals surface area contributed by atoms with E-state index in [2.05, 4.69) is 18.7 Å². The van der Waals surface area contributed by atoms with Gasteiger partial charge in [0.05, 0.1) is 29.3 Å². The summed E-state index contributed by atoms with van der Waals surface area (Å²) in [6.45, 7) is 0.318. The van der Waals surface area contributed by atoms with Gasteiger partial charge in [-0.15, -0.1) is 8.67 Å². The second-order valence-electron chi connectivity index (χ2n) is 8.39. The molecule has 0 aromatic rings.